The molecule has 2 aromatic heterocycles. The first kappa shape index (κ1) is 17.0. The molecule has 4 nitrogen and oxygen atoms in total. The Morgan fingerprint density at radius 3 is 2.56 bits per heavy atom. The second-order valence-corrected chi connectivity index (χ2v) is 6.43. The summed E-state index contributed by atoms with van der Waals surface area (Å²) in [5.74, 6) is 0.461. The number of aryl methyl sites for hydroxylation is 1. The summed E-state index contributed by atoms with van der Waals surface area (Å²) in [5, 5.41) is 15.1. The van der Waals surface area contributed by atoms with Gasteiger partial charge in [-0.1, -0.05) is 30.3 Å². The van der Waals surface area contributed by atoms with Gasteiger partial charge in [-0.05, 0) is 48.4 Å². The summed E-state index contributed by atoms with van der Waals surface area (Å²) < 4.78 is 13.4. The number of hydrogen-bond donors (Lipinski definition) is 2. The molecule has 0 saturated carbocycles. The molecule has 134 valence electrons. The molecular weight excluding hydrogens is 341 g/mol. The number of halogens is 1. The van der Waals surface area contributed by atoms with Gasteiger partial charge in [0, 0.05) is 23.3 Å². The molecule has 0 fully saturated rings. The largest absolute Gasteiger partial charge is 0.505 e. The summed E-state index contributed by atoms with van der Waals surface area (Å²) in [6.07, 6.45) is 3.37. The summed E-state index contributed by atoms with van der Waals surface area (Å²) >= 11 is 0. The first-order valence-electron chi connectivity index (χ1n) is 8.63. The van der Waals surface area contributed by atoms with Gasteiger partial charge >= 0.3 is 0 Å². The molecule has 27 heavy (non-hydrogen) atoms. The van der Waals surface area contributed by atoms with Gasteiger partial charge in [-0.3, -0.25) is 4.98 Å². The topological polar surface area (TPSA) is 58.0 Å². The van der Waals surface area contributed by atoms with Gasteiger partial charge in [0.2, 0.25) is 0 Å². The predicted octanol–water partition coefficient (Wildman–Crippen LogP) is 4.98. The van der Waals surface area contributed by atoms with E-state index in [0.717, 1.165) is 16.5 Å². The number of benzene rings is 2. The van der Waals surface area contributed by atoms with E-state index in [4.69, 9.17) is 0 Å². The smallest absolute Gasteiger partial charge is 0.147 e. The second-order valence-electron chi connectivity index (χ2n) is 6.43. The van der Waals surface area contributed by atoms with Crippen LogP contribution < -0.4 is 5.32 Å². The molecule has 2 aromatic carbocycles. The van der Waals surface area contributed by atoms with Crippen LogP contribution in [0.25, 0.3) is 10.9 Å². The number of fused-ring (bicyclic) bond motifs is 1. The molecule has 1 atom stereocenters. The van der Waals surface area contributed by atoms with Crippen molar-refractivity contribution in [3.8, 4) is 5.75 Å². The van der Waals surface area contributed by atoms with Crippen LogP contribution in [0.15, 0.2) is 73.1 Å². The molecular formula is C22H18FN3O. The number of anilines is 1. The highest BCUT2D eigenvalue weighted by atomic mass is 19.1. The highest BCUT2D eigenvalue weighted by Gasteiger charge is 2.20. The van der Waals surface area contributed by atoms with Crippen molar-refractivity contribution in [2.75, 3.05) is 5.32 Å². The number of rotatable bonds is 4. The SMILES string of the molecule is Cc1ccnc(NC(c2ccc(F)cc2)c2ccc3cccnc3c2O)c1. The number of phenols is 1. The molecule has 0 bridgehead atoms. The second kappa shape index (κ2) is 7.03. The Labute approximate surface area is 156 Å². The van der Waals surface area contributed by atoms with E-state index in [0.29, 0.717) is 16.9 Å². The molecule has 0 saturated heterocycles. The maximum absolute atomic E-state index is 13.4. The van der Waals surface area contributed by atoms with E-state index in [1.54, 1.807) is 24.5 Å². The van der Waals surface area contributed by atoms with E-state index >= 15 is 0 Å². The molecule has 0 aliphatic rings. The fourth-order valence-corrected chi connectivity index (χ4v) is 3.14. The summed E-state index contributed by atoms with van der Waals surface area (Å²) in [7, 11) is 0. The molecule has 4 rings (SSSR count). The lowest BCUT2D eigenvalue weighted by Crippen LogP contribution is -2.14. The summed E-state index contributed by atoms with van der Waals surface area (Å²) in [4.78, 5) is 8.66. The van der Waals surface area contributed by atoms with Crippen molar-refractivity contribution in [3.05, 3.63) is 95.6 Å². The maximum atomic E-state index is 13.4. The first-order valence-corrected chi connectivity index (χ1v) is 8.63. The Balaban J connectivity index is 1.84. The molecule has 5 heteroatoms. The molecule has 2 heterocycles. The monoisotopic (exact) mass is 359 g/mol. The van der Waals surface area contributed by atoms with Crippen molar-refractivity contribution < 1.29 is 9.50 Å². The number of aromatic hydroxyl groups is 1. The number of nitrogens with one attached hydrogen (secondary N) is 1. The van der Waals surface area contributed by atoms with Gasteiger partial charge in [-0.15, -0.1) is 0 Å². The minimum Gasteiger partial charge on any atom is -0.505 e. The minimum atomic E-state index is -0.411. The lowest BCUT2D eigenvalue weighted by Gasteiger charge is -2.22. The lowest BCUT2D eigenvalue weighted by atomic mass is 9.96. The van der Waals surface area contributed by atoms with Gasteiger partial charge in [0.25, 0.3) is 0 Å². The summed E-state index contributed by atoms with van der Waals surface area (Å²) in [5.41, 5.74) is 3.05. The third-order valence-corrected chi connectivity index (χ3v) is 4.50. The van der Waals surface area contributed by atoms with Crippen LogP contribution in [0.1, 0.15) is 22.7 Å². The Morgan fingerprint density at radius 2 is 1.78 bits per heavy atom. The molecule has 0 spiro atoms. The van der Waals surface area contributed by atoms with Crippen LogP contribution in [0.4, 0.5) is 10.2 Å². The van der Waals surface area contributed by atoms with Crippen molar-refractivity contribution in [2.45, 2.75) is 13.0 Å². The number of aromatic nitrogens is 2. The van der Waals surface area contributed by atoms with Gasteiger partial charge < -0.3 is 10.4 Å². The van der Waals surface area contributed by atoms with Crippen molar-refractivity contribution in [3.63, 3.8) is 0 Å². The van der Waals surface area contributed by atoms with Crippen molar-refractivity contribution in [1.82, 2.24) is 9.97 Å². The predicted molar refractivity (Wildman–Crippen MR) is 104 cm³/mol. The third kappa shape index (κ3) is 3.44. The van der Waals surface area contributed by atoms with Gasteiger partial charge in [-0.25, -0.2) is 9.37 Å². The third-order valence-electron chi connectivity index (χ3n) is 4.50. The van der Waals surface area contributed by atoms with Gasteiger partial charge in [0.05, 0.1) is 6.04 Å². The minimum absolute atomic E-state index is 0.0996. The Kier molecular flexibility index (Phi) is 4.42. The Morgan fingerprint density at radius 1 is 0.963 bits per heavy atom. The van der Waals surface area contributed by atoms with Crippen LogP contribution in [0.5, 0.6) is 5.75 Å². The van der Waals surface area contributed by atoms with Crippen LogP contribution in [0.2, 0.25) is 0 Å². The van der Waals surface area contributed by atoms with Gasteiger partial charge in [-0.2, -0.15) is 0 Å². The lowest BCUT2D eigenvalue weighted by molar-refractivity contribution is 0.471. The molecule has 2 N–H and O–H groups in total. The normalized spacial score (nSPS) is 12.1. The fourth-order valence-electron chi connectivity index (χ4n) is 3.14. The number of nitrogens with zero attached hydrogens (tertiary/aromatic N) is 2. The average Bonchev–Trinajstić information content (AvgIpc) is 2.68. The molecule has 0 radical (unpaired) electrons. The van der Waals surface area contributed by atoms with E-state index in [2.05, 4.69) is 15.3 Å². The summed E-state index contributed by atoms with van der Waals surface area (Å²) in [6, 6.07) is 17.1. The highest BCUT2D eigenvalue weighted by Crippen LogP contribution is 2.36. The Bertz CT molecular complexity index is 1100. The quantitative estimate of drug-likeness (QED) is 0.539. The highest BCUT2D eigenvalue weighted by molar-refractivity contribution is 5.86. The number of pyridine rings is 2. The number of hydrogen-bond acceptors (Lipinski definition) is 4. The molecule has 0 amide bonds. The van der Waals surface area contributed by atoms with Crippen molar-refractivity contribution in [1.29, 1.82) is 0 Å². The molecule has 1 unspecified atom stereocenters. The van der Waals surface area contributed by atoms with Crippen LogP contribution in [-0.2, 0) is 0 Å². The van der Waals surface area contributed by atoms with Crippen LogP contribution >= 0.6 is 0 Å². The van der Waals surface area contributed by atoms with E-state index in [-0.39, 0.29) is 11.6 Å². The van der Waals surface area contributed by atoms with E-state index in [9.17, 15) is 9.50 Å². The van der Waals surface area contributed by atoms with E-state index in [1.165, 1.54) is 12.1 Å². The maximum Gasteiger partial charge on any atom is 0.147 e. The zero-order chi connectivity index (χ0) is 18.8. The zero-order valence-corrected chi connectivity index (χ0v) is 14.7. The van der Waals surface area contributed by atoms with Crippen molar-refractivity contribution >= 4 is 16.7 Å². The van der Waals surface area contributed by atoms with E-state index < -0.39 is 6.04 Å². The van der Waals surface area contributed by atoms with Crippen LogP contribution in [0, 0.1) is 12.7 Å². The summed E-state index contributed by atoms with van der Waals surface area (Å²) in [6.45, 7) is 1.98. The van der Waals surface area contributed by atoms with Gasteiger partial charge in [0.1, 0.15) is 22.9 Å². The van der Waals surface area contributed by atoms with Crippen molar-refractivity contribution in [2.24, 2.45) is 0 Å². The fraction of sp³-hybridized carbons (Fsp3) is 0.0909. The van der Waals surface area contributed by atoms with Crippen LogP contribution in [-0.4, -0.2) is 15.1 Å². The van der Waals surface area contributed by atoms with Crippen LogP contribution in [0.3, 0.4) is 0 Å². The Hall–Kier alpha value is -3.47. The zero-order valence-electron chi connectivity index (χ0n) is 14.7. The molecule has 0 aliphatic carbocycles. The van der Waals surface area contributed by atoms with Gasteiger partial charge in [0.15, 0.2) is 0 Å². The molecule has 0 aliphatic heterocycles. The first-order chi connectivity index (χ1) is 13.1. The van der Waals surface area contributed by atoms with E-state index in [1.807, 2.05) is 43.3 Å². The number of phenolic OH excluding ortho intramolecular Hbond substituents is 1. The standard InChI is InChI=1S/C22H18FN3O/c1-14-10-12-24-19(13-14)26-20(16-4-7-17(23)8-5-16)18-9-6-15-3-2-11-25-21(15)22(18)27/h2-13,20,27H,1H3,(H,24,26). The average molecular weight is 359 g/mol. The molecule has 4 aromatic rings.